The van der Waals surface area contributed by atoms with Crippen molar-refractivity contribution < 1.29 is 19.0 Å². The second-order valence-corrected chi connectivity index (χ2v) is 5.84. The van der Waals surface area contributed by atoms with Crippen LogP contribution in [0.2, 0.25) is 0 Å². The lowest BCUT2D eigenvalue weighted by Crippen LogP contribution is -2.30. The molecule has 0 aliphatic rings. The van der Waals surface area contributed by atoms with Gasteiger partial charge < -0.3 is 19.1 Å². The lowest BCUT2D eigenvalue weighted by molar-refractivity contribution is 0.0987. The number of terminal acetylenes is 1. The average molecular weight is 381 g/mol. The van der Waals surface area contributed by atoms with Crippen molar-refractivity contribution in [3.05, 3.63) is 47.5 Å². The fraction of sp³-hybridized carbons (Fsp3) is 0.348. The number of anilines is 1. The van der Waals surface area contributed by atoms with E-state index in [0.717, 1.165) is 11.3 Å². The van der Waals surface area contributed by atoms with Gasteiger partial charge in [-0.15, -0.1) is 6.42 Å². The number of amides is 1. The number of hydrogen-bond donors (Lipinski definition) is 0. The topological polar surface area (TPSA) is 48.0 Å². The monoisotopic (exact) mass is 381 g/mol. The first-order valence-corrected chi connectivity index (χ1v) is 9.54. The van der Waals surface area contributed by atoms with Crippen LogP contribution in [0.5, 0.6) is 17.2 Å². The van der Waals surface area contributed by atoms with E-state index in [2.05, 4.69) is 5.92 Å². The van der Waals surface area contributed by atoms with E-state index in [9.17, 15) is 4.79 Å². The van der Waals surface area contributed by atoms with Gasteiger partial charge in [0.05, 0.1) is 19.8 Å². The summed E-state index contributed by atoms with van der Waals surface area (Å²) in [6.07, 6.45) is 5.50. The Labute approximate surface area is 167 Å². The Hall–Kier alpha value is -3.13. The van der Waals surface area contributed by atoms with Crippen LogP contribution in [-0.4, -0.2) is 32.3 Å². The van der Waals surface area contributed by atoms with Gasteiger partial charge in [-0.25, -0.2) is 0 Å². The summed E-state index contributed by atoms with van der Waals surface area (Å²) in [5.74, 6) is 3.94. The SMILES string of the molecule is C#Cc1cccc(N(CC)C(=O)c2cc(OCC)c(OCC)c(OCC)c2)c1. The van der Waals surface area contributed by atoms with Crippen molar-refractivity contribution in [1.29, 1.82) is 0 Å². The largest absolute Gasteiger partial charge is 0.490 e. The zero-order valence-corrected chi connectivity index (χ0v) is 17.0. The third-order valence-corrected chi connectivity index (χ3v) is 4.04. The molecule has 0 radical (unpaired) electrons. The maximum absolute atomic E-state index is 13.3. The first-order valence-electron chi connectivity index (χ1n) is 9.54. The third kappa shape index (κ3) is 4.77. The van der Waals surface area contributed by atoms with Gasteiger partial charge in [0.2, 0.25) is 5.75 Å². The summed E-state index contributed by atoms with van der Waals surface area (Å²) < 4.78 is 17.2. The van der Waals surface area contributed by atoms with Gasteiger partial charge in [0.1, 0.15) is 0 Å². The molecule has 0 N–H and O–H groups in total. The first kappa shape index (κ1) is 21.2. The number of nitrogens with zero attached hydrogens (tertiary/aromatic N) is 1. The zero-order chi connectivity index (χ0) is 20.5. The van der Waals surface area contributed by atoms with E-state index in [1.807, 2.05) is 52.0 Å². The zero-order valence-electron chi connectivity index (χ0n) is 17.0. The second kappa shape index (κ2) is 10.3. The minimum atomic E-state index is -0.165. The van der Waals surface area contributed by atoms with E-state index in [1.54, 1.807) is 17.0 Å². The highest BCUT2D eigenvalue weighted by Crippen LogP contribution is 2.39. The number of carbonyl (C=O) groups is 1. The molecule has 0 saturated heterocycles. The Balaban J connectivity index is 2.51. The molecule has 0 heterocycles. The van der Waals surface area contributed by atoms with Gasteiger partial charge in [-0.05, 0) is 58.0 Å². The molecule has 0 aromatic heterocycles. The van der Waals surface area contributed by atoms with E-state index in [4.69, 9.17) is 20.6 Å². The molecule has 2 aromatic rings. The maximum atomic E-state index is 13.3. The number of hydrogen-bond acceptors (Lipinski definition) is 4. The predicted molar refractivity (Wildman–Crippen MR) is 112 cm³/mol. The molecule has 148 valence electrons. The van der Waals surface area contributed by atoms with Crippen LogP contribution in [0, 0.1) is 12.3 Å². The fourth-order valence-corrected chi connectivity index (χ4v) is 2.88. The number of ether oxygens (including phenoxy) is 3. The highest BCUT2D eigenvalue weighted by molar-refractivity contribution is 6.07. The van der Waals surface area contributed by atoms with Crippen LogP contribution < -0.4 is 19.1 Å². The molecular weight excluding hydrogens is 354 g/mol. The molecule has 28 heavy (non-hydrogen) atoms. The van der Waals surface area contributed by atoms with Crippen LogP contribution in [0.3, 0.4) is 0 Å². The lowest BCUT2D eigenvalue weighted by Gasteiger charge is -2.23. The maximum Gasteiger partial charge on any atom is 0.258 e. The second-order valence-electron chi connectivity index (χ2n) is 5.84. The minimum absolute atomic E-state index is 0.165. The molecule has 1 amide bonds. The lowest BCUT2D eigenvalue weighted by atomic mass is 10.1. The highest BCUT2D eigenvalue weighted by atomic mass is 16.5. The summed E-state index contributed by atoms with van der Waals surface area (Å²) in [6, 6.07) is 10.8. The number of carbonyl (C=O) groups excluding carboxylic acids is 1. The van der Waals surface area contributed by atoms with Gasteiger partial charge in [0.25, 0.3) is 5.91 Å². The van der Waals surface area contributed by atoms with Crippen molar-refractivity contribution in [1.82, 2.24) is 0 Å². The van der Waals surface area contributed by atoms with Crippen LogP contribution >= 0.6 is 0 Å². The first-order chi connectivity index (χ1) is 13.6. The van der Waals surface area contributed by atoms with Gasteiger partial charge in [-0.3, -0.25) is 4.79 Å². The summed E-state index contributed by atoms with van der Waals surface area (Å²) in [5, 5.41) is 0. The van der Waals surface area contributed by atoms with E-state index < -0.39 is 0 Å². The molecule has 5 heteroatoms. The van der Waals surface area contributed by atoms with E-state index in [1.165, 1.54) is 0 Å². The normalized spacial score (nSPS) is 10.1. The van der Waals surface area contributed by atoms with Crippen LogP contribution in [0.4, 0.5) is 5.69 Å². The quantitative estimate of drug-likeness (QED) is 0.599. The molecule has 0 fully saturated rings. The summed E-state index contributed by atoms with van der Waals surface area (Å²) in [7, 11) is 0. The highest BCUT2D eigenvalue weighted by Gasteiger charge is 2.22. The smallest absolute Gasteiger partial charge is 0.258 e. The Morgan fingerprint density at radius 3 is 2.07 bits per heavy atom. The van der Waals surface area contributed by atoms with Crippen molar-refractivity contribution in [3.8, 4) is 29.6 Å². The van der Waals surface area contributed by atoms with Gasteiger partial charge in [-0.2, -0.15) is 0 Å². The molecule has 5 nitrogen and oxygen atoms in total. The van der Waals surface area contributed by atoms with Crippen LogP contribution in [0.25, 0.3) is 0 Å². The predicted octanol–water partition coefficient (Wildman–Crippen LogP) is 4.53. The van der Waals surface area contributed by atoms with Crippen molar-refractivity contribution in [2.45, 2.75) is 27.7 Å². The summed E-state index contributed by atoms with van der Waals surface area (Å²) >= 11 is 0. The molecule has 2 aromatic carbocycles. The number of rotatable bonds is 9. The Bertz CT molecular complexity index is 827. The van der Waals surface area contributed by atoms with Crippen molar-refractivity contribution in [3.63, 3.8) is 0 Å². The molecule has 0 aliphatic carbocycles. The van der Waals surface area contributed by atoms with E-state index in [-0.39, 0.29) is 5.91 Å². The Morgan fingerprint density at radius 2 is 1.57 bits per heavy atom. The van der Waals surface area contributed by atoms with Gasteiger partial charge in [0.15, 0.2) is 11.5 Å². The van der Waals surface area contributed by atoms with Crippen LogP contribution in [0.1, 0.15) is 43.6 Å². The van der Waals surface area contributed by atoms with Crippen molar-refractivity contribution in [2.24, 2.45) is 0 Å². The van der Waals surface area contributed by atoms with Crippen LogP contribution in [-0.2, 0) is 0 Å². The van der Waals surface area contributed by atoms with Gasteiger partial charge in [0, 0.05) is 23.4 Å². The average Bonchev–Trinajstić information content (AvgIpc) is 2.71. The molecule has 0 atom stereocenters. The van der Waals surface area contributed by atoms with Crippen LogP contribution in [0.15, 0.2) is 36.4 Å². The Kier molecular flexibility index (Phi) is 7.76. The molecule has 2 rings (SSSR count). The van der Waals surface area contributed by atoms with Gasteiger partial charge >= 0.3 is 0 Å². The van der Waals surface area contributed by atoms with Crippen molar-refractivity contribution >= 4 is 11.6 Å². The number of benzene rings is 2. The summed E-state index contributed by atoms with van der Waals surface area (Å²) in [5.41, 5.74) is 1.93. The molecule has 0 bridgehead atoms. The minimum Gasteiger partial charge on any atom is -0.490 e. The van der Waals surface area contributed by atoms with Crippen molar-refractivity contribution in [2.75, 3.05) is 31.3 Å². The summed E-state index contributed by atoms with van der Waals surface area (Å²) in [6.45, 7) is 9.43. The molecule has 0 saturated carbocycles. The molecule has 0 aliphatic heterocycles. The van der Waals surface area contributed by atoms with Gasteiger partial charge in [-0.1, -0.05) is 12.0 Å². The van der Waals surface area contributed by atoms with E-state index >= 15 is 0 Å². The molecule has 0 unspecified atom stereocenters. The third-order valence-electron chi connectivity index (χ3n) is 4.04. The standard InChI is InChI=1S/C23H27NO4/c1-6-17-12-11-13-19(14-17)24(7-2)23(25)18-15-20(26-8-3)22(28-10-5)21(16-18)27-9-4/h1,11-16H,7-10H2,2-5H3. The Morgan fingerprint density at radius 1 is 0.964 bits per heavy atom. The molecule has 0 spiro atoms. The van der Waals surface area contributed by atoms with E-state index in [0.29, 0.717) is 49.2 Å². The fourth-order valence-electron chi connectivity index (χ4n) is 2.88. The summed E-state index contributed by atoms with van der Waals surface area (Å²) in [4.78, 5) is 14.9. The molecular formula is C23H27NO4.